The molecule has 4 nitrogen and oxygen atoms in total. The van der Waals surface area contributed by atoms with Gasteiger partial charge in [0.2, 0.25) is 5.91 Å². The van der Waals surface area contributed by atoms with Crippen LogP contribution in [0.25, 0.3) is 0 Å². The quantitative estimate of drug-likeness (QED) is 0.708. The monoisotopic (exact) mass is 387 g/mol. The van der Waals surface area contributed by atoms with Crippen LogP contribution in [0.5, 0.6) is 11.5 Å². The summed E-state index contributed by atoms with van der Waals surface area (Å²) in [5.74, 6) is 0.164. The molecule has 2 rings (SSSR count). The van der Waals surface area contributed by atoms with Gasteiger partial charge in [-0.2, -0.15) is 13.2 Å². The highest BCUT2D eigenvalue weighted by Gasteiger charge is 2.29. The van der Waals surface area contributed by atoms with Crippen LogP contribution in [0.1, 0.15) is 16.9 Å². The second kappa shape index (κ2) is 9.47. The molecular formula is C18H20F3NO3S. The number of carbonyl (C=O) groups excluding carboxylic acids is 1. The molecular weight excluding hydrogens is 367 g/mol. The van der Waals surface area contributed by atoms with Crippen LogP contribution in [0.4, 0.5) is 13.2 Å². The molecule has 0 radical (unpaired) electrons. The zero-order valence-electron chi connectivity index (χ0n) is 14.3. The molecule has 0 bridgehead atoms. The van der Waals surface area contributed by atoms with Crippen LogP contribution < -0.4 is 14.8 Å². The fraction of sp³-hybridized carbons (Fsp3) is 0.389. The van der Waals surface area contributed by atoms with Crippen LogP contribution in [0.3, 0.4) is 0 Å². The first-order valence-corrected chi connectivity index (χ1v) is 8.91. The predicted octanol–water partition coefficient (Wildman–Crippen LogP) is 3.99. The third-order valence-electron chi connectivity index (χ3n) is 3.53. The van der Waals surface area contributed by atoms with Crippen LogP contribution >= 0.6 is 11.3 Å². The Hall–Kier alpha value is -2.22. The minimum absolute atomic E-state index is 0.0222. The fourth-order valence-electron chi connectivity index (χ4n) is 2.27. The molecule has 0 aliphatic rings. The van der Waals surface area contributed by atoms with Gasteiger partial charge in [0, 0.05) is 17.8 Å². The Kier molecular flexibility index (Phi) is 7.32. The highest BCUT2D eigenvalue weighted by molar-refractivity contribution is 7.09. The normalized spacial score (nSPS) is 11.2. The minimum atomic E-state index is -4.41. The second-order valence-electron chi connectivity index (χ2n) is 5.57. The Morgan fingerprint density at radius 3 is 2.65 bits per heavy atom. The lowest BCUT2D eigenvalue weighted by atomic mass is 10.1. The Balaban J connectivity index is 1.80. The van der Waals surface area contributed by atoms with E-state index in [-0.39, 0.29) is 23.8 Å². The number of alkyl halides is 3. The second-order valence-corrected chi connectivity index (χ2v) is 6.60. The average molecular weight is 387 g/mol. The molecule has 0 fully saturated rings. The van der Waals surface area contributed by atoms with Crippen LogP contribution in [0, 0.1) is 0 Å². The van der Waals surface area contributed by atoms with Crippen molar-refractivity contribution in [3.8, 4) is 11.5 Å². The maximum atomic E-state index is 12.2. The molecule has 0 aliphatic heterocycles. The van der Waals surface area contributed by atoms with Gasteiger partial charge in [-0.15, -0.1) is 11.3 Å². The first kappa shape index (κ1) is 20.1. The Bertz CT molecular complexity index is 702. The molecule has 0 unspecified atom stereocenters. The summed E-state index contributed by atoms with van der Waals surface area (Å²) in [4.78, 5) is 13.1. The predicted molar refractivity (Wildman–Crippen MR) is 93.9 cm³/mol. The Morgan fingerprint density at radius 2 is 2.00 bits per heavy atom. The number of methoxy groups -OCH3 is 1. The standard InChI is InChI=1S/C18H20F3NO3S/c1-24-16-11-13(4-6-15(16)25-12-18(19,20)21)5-7-17(23)22-9-8-14-3-2-10-26-14/h2-4,6,10-11H,5,7-9,12H2,1H3,(H,22,23). The molecule has 0 spiro atoms. The van der Waals surface area contributed by atoms with E-state index in [0.29, 0.717) is 13.0 Å². The van der Waals surface area contributed by atoms with Crippen molar-refractivity contribution in [3.63, 3.8) is 0 Å². The maximum absolute atomic E-state index is 12.2. The molecule has 142 valence electrons. The molecule has 26 heavy (non-hydrogen) atoms. The summed E-state index contributed by atoms with van der Waals surface area (Å²) >= 11 is 1.65. The number of nitrogens with one attached hydrogen (secondary N) is 1. The number of hydrogen-bond acceptors (Lipinski definition) is 4. The van der Waals surface area contributed by atoms with Gasteiger partial charge in [-0.3, -0.25) is 4.79 Å². The highest BCUT2D eigenvalue weighted by Crippen LogP contribution is 2.30. The van der Waals surface area contributed by atoms with Crippen molar-refractivity contribution in [1.29, 1.82) is 0 Å². The number of halogens is 3. The molecule has 1 aromatic carbocycles. The molecule has 1 amide bonds. The van der Waals surface area contributed by atoms with Gasteiger partial charge in [0.25, 0.3) is 0 Å². The van der Waals surface area contributed by atoms with Crippen molar-refractivity contribution < 1.29 is 27.4 Å². The SMILES string of the molecule is COc1cc(CCC(=O)NCCc2cccs2)ccc1OCC(F)(F)F. The van der Waals surface area contributed by atoms with E-state index in [1.807, 2.05) is 17.5 Å². The van der Waals surface area contributed by atoms with E-state index in [9.17, 15) is 18.0 Å². The van der Waals surface area contributed by atoms with Crippen molar-refractivity contribution in [1.82, 2.24) is 5.32 Å². The molecule has 0 saturated heterocycles. The first-order valence-electron chi connectivity index (χ1n) is 8.03. The van der Waals surface area contributed by atoms with E-state index in [2.05, 4.69) is 5.32 Å². The van der Waals surface area contributed by atoms with Crippen molar-refractivity contribution in [2.45, 2.75) is 25.4 Å². The summed E-state index contributed by atoms with van der Waals surface area (Å²) in [5.41, 5.74) is 0.787. The lowest BCUT2D eigenvalue weighted by Crippen LogP contribution is -2.25. The van der Waals surface area contributed by atoms with Crippen molar-refractivity contribution in [3.05, 3.63) is 46.2 Å². The molecule has 0 aliphatic carbocycles. The lowest BCUT2D eigenvalue weighted by molar-refractivity contribution is -0.153. The lowest BCUT2D eigenvalue weighted by Gasteiger charge is -2.13. The first-order chi connectivity index (χ1) is 12.4. The zero-order valence-corrected chi connectivity index (χ0v) is 15.1. The van der Waals surface area contributed by atoms with E-state index in [1.54, 1.807) is 23.5 Å². The molecule has 1 heterocycles. The maximum Gasteiger partial charge on any atom is 0.422 e. The number of carbonyl (C=O) groups is 1. The van der Waals surface area contributed by atoms with Crippen LogP contribution in [0.15, 0.2) is 35.7 Å². The number of rotatable bonds is 9. The Labute approximate surface area is 153 Å². The van der Waals surface area contributed by atoms with Gasteiger partial charge in [-0.1, -0.05) is 12.1 Å². The summed E-state index contributed by atoms with van der Waals surface area (Å²) in [5, 5.41) is 4.85. The average Bonchev–Trinajstić information content (AvgIpc) is 3.11. The summed E-state index contributed by atoms with van der Waals surface area (Å²) in [7, 11) is 1.36. The highest BCUT2D eigenvalue weighted by atomic mass is 32.1. The largest absolute Gasteiger partial charge is 0.493 e. The number of hydrogen-bond donors (Lipinski definition) is 1. The van der Waals surface area contributed by atoms with Crippen LogP contribution in [-0.2, 0) is 17.6 Å². The van der Waals surface area contributed by atoms with Gasteiger partial charge in [0.1, 0.15) is 0 Å². The number of aryl methyl sites for hydroxylation is 1. The summed E-state index contributed by atoms with van der Waals surface area (Å²) in [6.45, 7) is -0.803. The Morgan fingerprint density at radius 1 is 1.19 bits per heavy atom. The van der Waals surface area contributed by atoms with Gasteiger partial charge in [0.15, 0.2) is 18.1 Å². The number of benzene rings is 1. The van der Waals surface area contributed by atoms with E-state index in [4.69, 9.17) is 9.47 Å². The minimum Gasteiger partial charge on any atom is -0.493 e. The van der Waals surface area contributed by atoms with Gasteiger partial charge >= 0.3 is 6.18 Å². The van der Waals surface area contributed by atoms with Gasteiger partial charge in [-0.25, -0.2) is 0 Å². The summed E-state index contributed by atoms with van der Waals surface area (Å²) < 4.78 is 46.5. The van der Waals surface area contributed by atoms with Crippen LogP contribution in [-0.4, -0.2) is 32.3 Å². The summed E-state index contributed by atoms with van der Waals surface area (Å²) in [6.07, 6.45) is -2.87. The van der Waals surface area contributed by atoms with E-state index in [1.165, 1.54) is 18.1 Å². The van der Waals surface area contributed by atoms with Gasteiger partial charge < -0.3 is 14.8 Å². The van der Waals surface area contributed by atoms with Crippen LogP contribution in [0.2, 0.25) is 0 Å². The molecule has 8 heteroatoms. The third-order valence-corrected chi connectivity index (χ3v) is 4.47. The third kappa shape index (κ3) is 6.95. The van der Waals surface area contributed by atoms with Gasteiger partial charge in [-0.05, 0) is 42.0 Å². The fourth-order valence-corrected chi connectivity index (χ4v) is 2.98. The van der Waals surface area contributed by atoms with Crippen molar-refractivity contribution >= 4 is 17.2 Å². The molecule has 0 saturated carbocycles. The zero-order chi connectivity index (χ0) is 19.0. The number of ether oxygens (including phenoxy) is 2. The van der Waals surface area contributed by atoms with Crippen molar-refractivity contribution in [2.24, 2.45) is 0 Å². The van der Waals surface area contributed by atoms with E-state index >= 15 is 0 Å². The smallest absolute Gasteiger partial charge is 0.422 e. The molecule has 1 N–H and O–H groups in total. The van der Waals surface area contributed by atoms with E-state index < -0.39 is 12.8 Å². The topological polar surface area (TPSA) is 47.6 Å². The number of amides is 1. The van der Waals surface area contributed by atoms with E-state index in [0.717, 1.165) is 12.0 Å². The number of thiophene rings is 1. The molecule has 0 atom stereocenters. The molecule has 1 aromatic heterocycles. The molecule has 2 aromatic rings. The summed E-state index contributed by atoms with van der Waals surface area (Å²) in [6, 6.07) is 8.63. The van der Waals surface area contributed by atoms with Crippen molar-refractivity contribution in [2.75, 3.05) is 20.3 Å². The van der Waals surface area contributed by atoms with Gasteiger partial charge in [0.05, 0.1) is 7.11 Å².